The molecule has 0 bridgehead atoms. The van der Waals surface area contributed by atoms with Crippen molar-refractivity contribution in [3.63, 3.8) is 0 Å². The van der Waals surface area contributed by atoms with Crippen LogP contribution in [0.25, 0.3) is 0 Å². The smallest absolute Gasteiger partial charge is 0.398 e. The van der Waals surface area contributed by atoms with Gasteiger partial charge in [-0.3, -0.25) is 0 Å². The normalized spacial score (nSPS) is 14.1. The predicted octanol–water partition coefficient (Wildman–Crippen LogP) is 1.01. The van der Waals surface area contributed by atoms with Gasteiger partial charge in [-0.05, 0) is 19.9 Å². The van der Waals surface area contributed by atoms with Crippen molar-refractivity contribution in [2.24, 2.45) is 0 Å². The standard InChI is InChI=1S/C9H12BN4.Ir/c1-8(2)13-6-7-14(10-13)9-11-4-3-5-12-9;/h3-8H,1-2H3;. The minimum atomic E-state index is 0. The van der Waals surface area contributed by atoms with Crippen molar-refractivity contribution in [3.8, 4) is 0 Å². The molecule has 0 spiro atoms. The molecular weight excluding hydrogens is 367 g/mol. The second-order valence-corrected chi connectivity index (χ2v) is 3.41. The van der Waals surface area contributed by atoms with E-state index < -0.39 is 0 Å². The van der Waals surface area contributed by atoms with Crippen LogP contribution in [0.1, 0.15) is 13.8 Å². The van der Waals surface area contributed by atoms with Gasteiger partial charge in [0.1, 0.15) is 0 Å². The SMILES string of the molecule is CC(C)N1[B]N(c2ncccn2)C=C1.[Ir]. The zero-order valence-corrected chi connectivity index (χ0v) is 11.1. The molecular formula is C9H12BIrN4. The average molecular weight is 379 g/mol. The largest absolute Gasteiger partial charge is 0.401 e. The first-order valence-corrected chi connectivity index (χ1v) is 4.63. The van der Waals surface area contributed by atoms with Crippen molar-refractivity contribution >= 4 is 13.5 Å². The molecule has 1 aromatic heterocycles. The molecule has 0 saturated carbocycles. The summed E-state index contributed by atoms with van der Waals surface area (Å²) in [6.45, 7) is 4.27. The molecule has 0 aliphatic carbocycles. The third-order valence-corrected chi connectivity index (χ3v) is 2.04. The van der Waals surface area contributed by atoms with Crippen molar-refractivity contribution in [3.05, 3.63) is 30.9 Å². The van der Waals surface area contributed by atoms with Crippen molar-refractivity contribution in [2.75, 3.05) is 4.81 Å². The number of aromatic nitrogens is 2. The van der Waals surface area contributed by atoms with Gasteiger partial charge in [0.05, 0.1) is 0 Å². The second-order valence-electron chi connectivity index (χ2n) is 3.41. The molecule has 0 aromatic carbocycles. The fraction of sp³-hybridized carbons (Fsp3) is 0.333. The second kappa shape index (κ2) is 5.28. The quantitative estimate of drug-likeness (QED) is 0.719. The molecule has 1 aliphatic heterocycles. The molecule has 4 nitrogen and oxygen atoms in total. The molecule has 1 aromatic rings. The topological polar surface area (TPSA) is 32.3 Å². The fourth-order valence-electron chi connectivity index (χ4n) is 1.22. The Balaban J connectivity index is 0.00000112. The molecule has 0 fully saturated rings. The van der Waals surface area contributed by atoms with E-state index in [0.29, 0.717) is 12.0 Å². The molecule has 0 N–H and O–H groups in total. The van der Waals surface area contributed by atoms with Crippen LogP contribution in [0.3, 0.4) is 0 Å². The van der Waals surface area contributed by atoms with Gasteiger partial charge in [-0.15, -0.1) is 0 Å². The van der Waals surface area contributed by atoms with Gasteiger partial charge >= 0.3 is 7.55 Å². The summed E-state index contributed by atoms with van der Waals surface area (Å²) in [5.41, 5.74) is 0. The first-order valence-electron chi connectivity index (χ1n) is 4.63. The molecule has 0 saturated heterocycles. The minimum Gasteiger partial charge on any atom is -0.401 e. The molecule has 6 heteroatoms. The van der Waals surface area contributed by atoms with Crippen LogP contribution in [0.2, 0.25) is 0 Å². The Labute approximate surface area is 104 Å². The Bertz CT molecular complexity index is 330. The van der Waals surface area contributed by atoms with E-state index in [-0.39, 0.29) is 20.1 Å². The Morgan fingerprint density at radius 3 is 2.40 bits per heavy atom. The van der Waals surface area contributed by atoms with E-state index >= 15 is 0 Å². The third kappa shape index (κ3) is 2.80. The van der Waals surface area contributed by atoms with E-state index in [2.05, 4.69) is 28.6 Å². The van der Waals surface area contributed by atoms with Crippen LogP contribution in [0.4, 0.5) is 5.95 Å². The maximum Gasteiger partial charge on any atom is 0.398 e. The van der Waals surface area contributed by atoms with Crippen LogP contribution in [0, 0.1) is 0 Å². The maximum atomic E-state index is 4.16. The van der Waals surface area contributed by atoms with Gasteiger partial charge in [0.25, 0.3) is 0 Å². The van der Waals surface area contributed by atoms with E-state index in [4.69, 9.17) is 0 Å². The van der Waals surface area contributed by atoms with E-state index in [1.165, 1.54) is 0 Å². The van der Waals surface area contributed by atoms with Crippen molar-refractivity contribution in [1.82, 2.24) is 14.8 Å². The Morgan fingerprint density at radius 2 is 1.87 bits per heavy atom. The molecule has 80 valence electrons. The summed E-state index contributed by atoms with van der Waals surface area (Å²) in [6, 6.07) is 2.27. The minimum absolute atomic E-state index is 0. The molecule has 0 unspecified atom stereocenters. The monoisotopic (exact) mass is 380 g/mol. The van der Waals surface area contributed by atoms with Crippen molar-refractivity contribution < 1.29 is 20.1 Å². The zero-order chi connectivity index (χ0) is 9.97. The van der Waals surface area contributed by atoms with Crippen LogP contribution >= 0.6 is 0 Å². The van der Waals surface area contributed by atoms with Gasteiger partial charge in [-0.2, -0.15) is 0 Å². The summed E-state index contributed by atoms with van der Waals surface area (Å²) in [6.07, 6.45) is 7.44. The molecule has 2 rings (SSSR count). The number of hydrogen-bond acceptors (Lipinski definition) is 4. The first kappa shape index (κ1) is 12.2. The van der Waals surface area contributed by atoms with Gasteiger partial charge < -0.3 is 9.62 Å². The molecule has 1 aliphatic rings. The zero-order valence-electron chi connectivity index (χ0n) is 8.66. The van der Waals surface area contributed by atoms with E-state index in [1.807, 2.05) is 30.8 Å². The summed E-state index contributed by atoms with van der Waals surface area (Å²) in [7, 11) is 1.99. The van der Waals surface area contributed by atoms with Gasteiger partial charge in [-0.25, -0.2) is 9.97 Å². The maximum absolute atomic E-state index is 4.16. The fourth-order valence-corrected chi connectivity index (χ4v) is 1.22. The predicted molar refractivity (Wildman–Crippen MR) is 56.4 cm³/mol. The third-order valence-electron chi connectivity index (χ3n) is 2.04. The molecule has 0 amide bonds. The number of anilines is 1. The van der Waals surface area contributed by atoms with Crippen LogP contribution in [-0.2, 0) is 20.1 Å². The van der Waals surface area contributed by atoms with Crippen molar-refractivity contribution in [2.45, 2.75) is 19.9 Å². The number of rotatable bonds is 2. The summed E-state index contributed by atoms with van der Waals surface area (Å²) in [4.78, 5) is 12.3. The van der Waals surface area contributed by atoms with Gasteiger partial charge in [-0.1, -0.05) is 0 Å². The summed E-state index contributed by atoms with van der Waals surface area (Å²) >= 11 is 0. The van der Waals surface area contributed by atoms with Crippen LogP contribution in [0.5, 0.6) is 0 Å². The van der Waals surface area contributed by atoms with Crippen LogP contribution < -0.4 is 4.81 Å². The van der Waals surface area contributed by atoms with E-state index in [1.54, 1.807) is 12.4 Å². The molecule has 2 radical (unpaired) electrons. The van der Waals surface area contributed by atoms with Crippen molar-refractivity contribution in [1.29, 1.82) is 0 Å². The molecule has 0 atom stereocenters. The van der Waals surface area contributed by atoms with E-state index in [0.717, 1.165) is 0 Å². The van der Waals surface area contributed by atoms with Crippen LogP contribution in [-0.4, -0.2) is 28.4 Å². The number of hydrogen-bond donors (Lipinski definition) is 0. The van der Waals surface area contributed by atoms with Gasteiger partial charge in [0.2, 0.25) is 5.95 Å². The Hall–Kier alpha value is -0.866. The molecule has 2 heterocycles. The Kier molecular flexibility index (Phi) is 4.30. The summed E-state index contributed by atoms with van der Waals surface area (Å²) in [5.74, 6) is 0.701. The Morgan fingerprint density at radius 1 is 1.20 bits per heavy atom. The summed E-state index contributed by atoms with van der Waals surface area (Å²) < 4.78 is 0. The number of nitrogens with zero attached hydrogens (tertiary/aromatic N) is 4. The van der Waals surface area contributed by atoms with Gasteiger partial charge in [0.15, 0.2) is 0 Å². The summed E-state index contributed by atoms with van der Waals surface area (Å²) in [5, 5.41) is 0. The first-order chi connectivity index (χ1) is 6.77. The molecule has 15 heavy (non-hydrogen) atoms. The van der Waals surface area contributed by atoms with Crippen LogP contribution in [0.15, 0.2) is 30.9 Å². The average Bonchev–Trinajstić information content (AvgIpc) is 2.68. The van der Waals surface area contributed by atoms with E-state index in [9.17, 15) is 0 Å². The van der Waals surface area contributed by atoms with Gasteiger partial charge in [0, 0.05) is 50.9 Å².